The lowest BCUT2D eigenvalue weighted by atomic mass is 10.0. The van der Waals surface area contributed by atoms with Crippen LogP contribution in [0.25, 0.3) is 0 Å². The number of hydrogen-bond donors (Lipinski definition) is 1. The second kappa shape index (κ2) is 8.65. The molecule has 4 nitrogen and oxygen atoms in total. The molecule has 0 saturated heterocycles. The van der Waals surface area contributed by atoms with Crippen LogP contribution in [0.2, 0.25) is 0 Å². The Bertz CT molecular complexity index is 588. The van der Waals surface area contributed by atoms with E-state index in [0.29, 0.717) is 10.6 Å². The van der Waals surface area contributed by atoms with Crippen LogP contribution in [0, 0.1) is 5.92 Å². The molecule has 1 aromatic heterocycles. The Hall–Kier alpha value is -1.36. The molecule has 2 rings (SSSR count). The van der Waals surface area contributed by atoms with Gasteiger partial charge in [-0.25, -0.2) is 4.79 Å². The molecule has 0 saturated carbocycles. The zero-order valence-corrected chi connectivity index (χ0v) is 16.1. The minimum absolute atomic E-state index is 0.00927. The number of anilines is 1. The standard InChI is InChI=1S/C19H29NO3S/c1-5-13(6-2)17(21)20-18-16(19(22)23-12(3)4)14-10-8-7-9-11-15(14)24-18/h12-13H,5-11H2,1-4H3,(H,20,21). The van der Waals surface area contributed by atoms with Gasteiger partial charge in [-0.1, -0.05) is 20.3 Å². The number of carbonyl (C=O) groups is 2. The van der Waals surface area contributed by atoms with Crippen LogP contribution in [-0.2, 0) is 22.4 Å². The first-order valence-electron chi connectivity index (χ1n) is 9.14. The Morgan fingerprint density at radius 2 is 1.79 bits per heavy atom. The summed E-state index contributed by atoms with van der Waals surface area (Å²) in [7, 11) is 0. The van der Waals surface area contributed by atoms with Gasteiger partial charge in [0.1, 0.15) is 5.00 Å². The highest BCUT2D eigenvalue weighted by atomic mass is 32.1. The molecule has 0 unspecified atom stereocenters. The highest BCUT2D eigenvalue weighted by Gasteiger charge is 2.28. The molecule has 0 atom stereocenters. The summed E-state index contributed by atoms with van der Waals surface area (Å²) in [6, 6.07) is 0. The Morgan fingerprint density at radius 3 is 2.42 bits per heavy atom. The van der Waals surface area contributed by atoms with Crippen molar-refractivity contribution in [2.75, 3.05) is 5.32 Å². The summed E-state index contributed by atoms with van der Waals surface area (Å²) in [5.74, 6) is -0.305. The molecule has 0 fully saturated rings. The molecule has 0 radical (unpaired) electrons. The Kier molecular flexibility index (Phi) is 6.84. The number of esters is 1. The summed E-state index contributed by atoms with van der Waals surface area (Å²) in [6.07, 6.45) is 6.75. The van der Waals surface area contributed by atoms with Gasteiger partial charge in [-0.3, -0.25) is 4.79 Å². The number of ether oxygens (including phenoxy) is 1. The third-order valence-electron chi connectivity index (χ3n) is 4.56. The van der Waals surface area contributed by atoms with E-state index in [0.717, 1.165) is 44.1 Å². The minimum atomic E-state index is -0.302. The minimum Gasteiger partial charge on any atom is -0.459 e. The lowest BCUT2D eigenvalue weighted by molar-refractivity contribution is -0.120. The largest absolute Gasteiger partial charge is 0.459 e. The van der Waals surface area contributed by atoms with Crippen molar-refractivity contribution in [3.05, 3.63) is 16.0 Å². The van der Waals surface area contributed by atoms with Crippen molar-refractivity contribution in [1.29, 1.82) is 0 Å². The first kappa shape index (κ1) is 19.0. The molecule has 134 valence electrons. The quantitative estimate of drug-likeness (QED) is 0.582. The van der Waals surface area contributed by atoms with Crippen LogP contribution in [0.5, 0.6) is 0 Å². The van der Waals surface area contributed by atoms with Gasteiger partial charge in [0.15, 0.2) is 0 Å². The fourth-order valence-electron chi connectivity index (χ4n) is 3.19. The molecular formula is C19H29NO3S. The number of amides is 1. The first-order chi connectivity index (χ1) is 11.5. The van der Waals surface area contributed by atoms with Crippen molar-refractivity contribution < 1.29 is 14.3 Å². The van der Waals surface area contributed by atoms with Gasteiger partial charge < -0.3 is 10.1 Å². The number of aryl methyl sites for hydroxylation is 1. The predicted octanol–water partition coefficient (Wildman–Crippen LogP) is 4.96. The fraction of sp³-hybridized carbons (Fsp3) is 0.684. The van der Waals surface area contributed by atoms with Gasteiger partial charge in [-0.05, 0) is 57.9 Å². The number of rotatable bonds is 6. The second-order valence-corrected chi connectivity index (χ2v) is 7.83. The van der Waals surface area contributed by atoms with Crippen molar-refractivity contribution in [1.82, 2.24) is 0 Å². The topological polar surface area (TPSA) is 55.4 Å². The van der Waals surface area contributed by atoms with Gasteiger partial charge in [0.25, 0.3) is 0 Å². The summed E-state index contributed by atoms with van der Waals surface area (Å²) in [6.45, 7) is 7.74. The number of carbonyl (C=O) groups excluding carboxylic acids is 2. The number of fused-ring (bicyclic) bond motifs is 1. The molecule has 0 bridgehead atoms. The Labute approximate surface area is 149 Å². The van der Waals surface area contributed by atoms with Crippen LogP contribution in [0.15, 0.2) is 0 Å². The lowest BCUT2D eigenvalue weighted by Crippen LogP contribution is -2.23. The van der Waals surface area contributed by atoms with E-state index >= 15 is 0 Å². The van der Waals surface area contributed by atoms with Gasteiger partial charge in [0, 0.05) is 10.8 Å². The van der Waals surface area contributed by atoms with E-state index in [2.05, 4.69) is 5.32 Å². The number of nitrogens with one attached hydrogen (secondary N) is 1. The van der Waals surface area contributed by atoms with Gasteiger partial charge in [-0.15, -0.1) is 11.3 Å². The molecule has 1 amide bonds. The van der Waals surface area contributed by atoms with E-state index in [1.54, 1.807) is 11.3 Å². The molecule has 1 aliphatic rings. The van der Waals surface area contributed by atoms with Crippen LogP contribution in [0.4, 0.5) is 5.00 Å². The third kappa shape index (κ3) is 4.38. The van der Waals surface area contributed by atoms with Crippen molar-refractivity contribution in [3.63, 3.8) is 0 Å². The van der Waals surface area contributed by atoms with E-state index < -0.39 is 0 Å². The average molecular weight is 352 g/mol. The van der Waals surface area contributed by atoms with Crippen molar-refractivity contribution in [2.24, 2.45) is 5.92 Å². The summed E-state index contributed by atoms with van der Waals surface area (Å²) < 4.78 is 5.45. The molecule has 0 spiro atoms. The van der Waals surface area contributed by atoms with Gasteiger partial charge in [0.05, 0.1) is 11.7 Å². The molecule has 1 aromatic rings. The monoisotopic (exact) mass is 351 g/mol. The summed E-state index contributed by atoms with van der Waals surface area (Å²) in [5.41, 5.74) is 1.70. The summed E-state index contributed by atoms with van der Waals surface area (Å²) in [4.78, 5) is 26.4. The van der Waals surface area contributed by atoms with E-state index in [-0.39, 0.29) is 23.9 Å². The van der Waals surface area contributed by atoms with Gasteiger partial charge in [-0.2, -0.15) is 0 Å². The van der Waals surface area contributed by atoms with Crippen LogP contribution in [0.1, 0.15) is 80.6 Å². The van der Waals surface area contributed by atoms with Crippen molar-refractivity contribution in [3.8, 4) is 0 Å². The molecular weight excluding hydrogens is 322 g/mol. The van der Waals surface area contributed by atoms with Gasteiger partial charge >= 0.3 is 5.97 Å². The smallest absolute Gasteiger partial charge is 0.341 e. The Morgan fingerprint density at radius 1 is 1.12 bits per heavy atom. The Balaban J connectivity index is 2.35. The van der Waals surface area contributed by atoms with Crippen LogP contribution >= 0.6 is 11.3 Å². The number of thiophene rings is 1. The maximum Gasteiger partial charge on any atom is 0.341 e. The van der Waals surface area contributed by atoms with Crippen molar-refractivity contribution in [2.45, 2.75) is 78.7 Å². The van der Waals surface area contributed by atoms with Crippen LogP contribution in [-0.4, -0.2) is 18.0 Å². The predicted molar refractivity (Wildman–Crippen MR) is 98.8 cm³/mol. The highest BCUT2D eigenvalue weighted by Crippen LogP contribution is 2.38. The second-order valence-electron chi connectivity index (χ2n) is 6.73. The molecule has 1 N–H and O–H groups in total. The maximum atomic E-state index is 12.6. The first-order valence-corrected chi connectivity index (χ1v) is 9.95. The highest BCUT2D eigenvalue weighted by molar-refractivity contribution is 7.17. The maximum absolute atomic E-state index is 12.6. The van der Waals surface area contributed by atoms with Gasteiger partial charge in [0.2, 0.25) is 5.91 Å². The summed E-state index contributed by atoms with van der Waals surface area (Å²) in [5, 5.41) is 3.71. The molecule has 24 heavy (non-hydrogen) atoms. The van der Waals surface area contributed by atoms with E-state index in [4.69, 9.17) is 4.74 Å². The van der Waals surface area contributed by atoms with Crippen LogP contribution < -0.4 is 5.32 Å². The normalized spacial score (nSPS) is 14.4. The SMILES string of the molecule is CCC(CC)C(=O)Nc1sc2c(c1C(=O)OC(C)C)CCCCC2. The zero-order chi connectivity index (χ0) is 17.7. The van der Waals surface area contributed by atoms with Crippen LogP contribution in [0.3, 0.4) is 0 Å². The molecule has 5 heteroatoms. The molecule has 0 aromatic carbocycles. The van der Waals surface area contributed by atoms with Crippen molar-refractivity contribution >= 4 is 28.2 Å². The number of hydrogen-bond acceptors (Lipinski definition) is 4. The summed E-state index contributed by atoms with van der Waals surface area (Å²) >= 11 is 1.56. The van der Waals surface area contributed by atoms with E-state index in [1.807, 2.05) is 27.7 Å². The molecule has 0 aliphatic heterocycles. The lowest BCUT2D eigenvalue weighted by Gasteiger charge is -2.14. The fourth-order valence-corrected chi connectivity index (χ4v) is 4.47. The molecule has 1 heterocycles. The zero-order valence-electron chi connectivity index (χ0n) is 15.2. The average Bonchev–Trinajstić information content (AvgIpc) is 2.69. The molecule has 1 aliphatic carbocycles. The third-order valence-corrected chi connectivity index (χ3v) is 5.77. The van der Waals surface area contributed by atoms with E-state index in [9.17, 15) is 9.59 Å². The van der Waals surface area contributed by atoms with E-state index in [1.165, 1.54) is 11.3 Å².